The fraction of sp³-hybridized carbons (Fsp3) is 0.150. The van der Waals surface area contributed by atoms with Gasteiger partial charge >= 0.3 is 0 Å². The molecule has 7 nitrogen and oxygen atoms in total. The van der Waals surface area contributed by atoms with E-state index in [1.165, 1.54) is 34.9 Å². The van der Waals surface area contributed by atoms with Gasteiger partial charge in [-0.05, 0) is 42.5 Å². The van der Waals surface area contributed by atoms with Crippen LogP contribution < -0.4 is 10.9 Å². The Morgan fingerprint density at radius 3 is 2.62 bits per heavy atom. The Kier molecular flexibility index (Phi) is 6.09. The number of carbonyl (C=O) groups is 1. The van der Waals surface area contributed by atoms with E-state index in [2.05, 4.69) is 16.9 Å². The fourth-order valence-electron chi connectivity index (χ4n) is 2.84. The lowest BCUT2D eigenvalue weighted by Crippen LogP contribution is -2.29. The molecule has 0 saturated heterocycles. The monoisotopic (exact) mass is 429 g/mol. The van der Waals surface area contributed by atoms with Gasteiger partial charge in [-0.1, -0.05) is 24.3 Å². The molecule has 2 N–H and O–H groups in total. The SMILES string of the molecule is C=CCn1c(=S)[nH]c2cc(C(=O)NCCS(=O)(=O)c3ccccc3)ccc2c1=O. The van der Waals surface area contributed by atoms with Crippen molar-refractivity contribution >= 4 is 38.9 Å². The van der Waals surface area contributed by atoms with Crippen LogP contribution in [0.15, 0.2) is 70.9 Å². The van der Waals surface area contributed by atoms with E-state index < -0.39 is 15.7 Å². The number of benzene rings is 2. The highest BCUT2D eigenvalue weighted by Gasteiger charge is 2.15. The molecule has 0 fully saturated rings. The third-order valence-corrected chi connectivity index (χ3v) is 6.37. The van der Waals surface area contributed by atoms with E-state index in [9.17, 15) is 18.0 Å². The lowest BCUT2D eigenvalue weighted by atomic mass is 10.1. The first-order valence-electron chi connectivity index (χ1n) is 8.77. The molecule has 0 saturated carbocycles. The maximum absolute atomic E-state index is 12.5. The van der Waals surface area contributed by atoms with Crippen molar-refractivity contribution in [2.45, 2.75) is 11.4 Å². The van der Waals surface area contributed by atoms with Crippen LogP contribution in [-0.4, -0.2) is 36.2 Å². The number of aromatic nitrogens is 2. The summed E-state index contributed by atoms with van der Waals surface area (Å²) in [5.41, 5.74) is 0.454. The zero-order valence-electron chi connectivity index (χ0n) is 15.4. The Morgan fingerprint density at radius 1 is 1.21 bits per heavy atom. The molecule has 29 heavy (non-hydrogen) atoms. The molecule has 0 unspecified atom stereocenters. The summed E-state index contributed by atoms with van der Waals surface area (Å²) in [5, 5.41) is 2.99. The lowest BCUT2D eigenvalue weighted by Gasteiger charge is -2.09. The van der Waals surface area contributed by atoms with E-state index in [0.29, 0.717) is 16.5 Å². The van der Waals surface area contributed by atoms with Crippen LogP contribution in [-0.2, 0) is 16.4 Å². The predicted molar refractivity (Wildman–Crippen MR) is 114 cm³/mol. The van der Waals surface area contributed by atoms with Gasteiger partial charge in [-0.15, -0.1) is 6.58 Å². The van der Waals surface area contributed by atoms with Crippen molar-refractivity contribution in [1.82, 2.24) is 14.9 Å². The number of carbonyl (C=O) groups excluding carboxylic acids is 1. The summed E-state index contributed by atoms with van der Waals surface area (Å²) in [6.07, 6.45) is 1.57. The second-order valence-corrected chi connectivity index (χ2v) is 8.78. The maximum Gasteiger partial charge on any atom is 0.262 e. The molecule has 0 bridgehead atoms. The van der Waals surface area contributed by atoms with Crippen LogP contribution in [0.2, 0.25) is 0 Å². The van der Waals surface area contributed by atoms with Gasteiger partial charge in [0.25, 0.3) is 11.5 Å². The number of amides is 1. The first-order chi connectivity index (χ1) is 13.8. The topological polar surface area (TPSA) is 101 Å². The van der Waals surface area contributed by atoms with Crippen LogP contribution in [0.25, 0.3) is 10.9 Å². The van der Waals surface area contributed by atoms with Crippen molar-refractivity contribution in [3.63, 3.8) is 0 Å². The lowest BCUT2D eigenvalue weighted by molar-refractivity contribution is 0.0956. The first-order valence-corrected chi connectivity index (χ1v) is 10.8. The van der Waals surface area contributed by atoms with Crippen molar-refractivity contribution in [3.8, 4) is 0 Å². The normalized spacial score (nSPS) is 11.3. The summed E-state index contributed by atoms with van der Waals surface area (Å²) in [6, 6.07) is 12.6. The molecule has 2 aromatic carbocycles. The number of sulfone groups is 1. The Morgan fingerprint density at radius 2 is 1.93 bits per heavy atom. The Bertz CT molecular complexity index is 1290. The molecule has 3 aromatic rings. The van der Waals surface area contributed by atoms with Gasteiger partial charge in [-0.25, -0.2) is 8.42 Å². The van der Waals surface area contributed by atoms with Gasteiger partial charge in [0.2, 0.25) is 0 Å². The predicted octanol–water partition coefficient (Wildman–Crippen LogP) is 2.45. The van der Waals surface area contributed by atoms with E-state index in [-0.39, 0.29) is 34.1 Å². The molecule has 0 aliphatic heterocycles. The molecule has 1 amide bonds. The van der Waals surface area contributed by atoms with Crippen LogP contribution in [0.4, 0.5) is 0 Å². The fourth-order valence-corrected chi connectivity index (χ4v) is 4.28. The van der Waals surface area contributed by atoms with Gasteiger partial charge in [0, 0.05) is 18.7 Å². The van der Waals surface area contributed by atoms with E-state index in [0.717, 1.165) is 0 Å². The van der Waals surface area contributed by atoms with Crippen molar-refractivity contribution in [2.24, 2.45) is 0 Å². The highest BCUT2D eigenvalue weighted by atomic mass is 32.2. The zero-order chi connectivity index (χ0) is 21.0. The van der Waals surface area contributed by atoms with Crippen LogP contribution in [0.1, 0.15) is 10.4 Å². The Hall–Kier alpha value is -3.04. The number of H-pyrrole nitrogens is 1. The van der Waals surface area contributed by atoms with Crippen molar-refractivity contribution in [3.05, 3.63) is 81.9 Å². The van der Waals surface area contributed by atoms with Crippen molar-refractivity contribution in [1.29, 1.82) is 0 Å². The van der Waals surface area contributed by atoms with Gasteiger partial charge < -0.3 is 10.3 Å². The molecule has 0 aliphatic carbocycles. The molecule has 9 heteroatoms. The van der Waals surface area contributed by atoms with E-state index in [4.69, 9.17) is 12.2 Å². The molecule has 3 rings (SSSR count). The number of nitrogens with one attached hydrogen (secondary N) is 2. The van der Waals surface area contributed by atoms with E-state index >= 15 is 0 Å². The highest BCUT2D eigenvalue weighted by molar-refractivity contribution is 7.91. The quantitative estimate of drug-likeness (QED) is 0.444. The standard InChI is InChI=1S/C20H19N3O4S2/c1-2-11-23-19(25)16-9-8-14(13-17(16)22-20(23)28)18(24)21-10-12-29(26,27)15-6-4-3-5-7-15/h2-9,13H,1,10-12H2,(H,21,24)(H,22,28). The third-order valence-electron chi connectivity index (χ3n) is 4.31. The minimum absolute atomic E-state index is 0.0367. The average molecular weight is 430 g/mol. The summed E-state index contributed by atoms with van der Waals surface area (Å²) >= 11 is 5.19. The van der Waals surface area contributed by atoms with Crippen molar-refractivity contribution in [2.75, 3.05) is 12.3 Å². The van der Waals surface area contributed by atoms with Gasteiger partial charge in [0.1, 0.15) is 0 Å². The largest absolute Gasteiger partial charge is 0.351 e. The van der Waals surface area contributed by atoms with Gasteiger partial charge in [-0.2, -0.15) is 0 Å². The number of hydrogen-bond donors (Lipinski definition) is 2. The number of rotatable bonds is 7. The minimum Gasteiger partial charge on any atom is -0.351 e. The molecule has 150 valence electrons. The summed E-state index contributed by atoms with van der Waals surface area (Å²) in [4.78, 5) is 28.1. The summed E-state index contributed by atoms with van der Waals surface area (Å²) < 4.78 is 26.2. The molecule has 1 heterocycles. The van der Waals surface area contributed by atoms with Gasteiger partial charge in [0.05, 0.1) is 21.6 Å². The highest BCUT2D eigenvalue weighted by Crippen LogP contribution is 2.12. The Balaban J connectivity index is 1.76. The number of allylic oxidation sites excluding steroid dienone is 1. The smallest absolute Gasteiger partial charge is 0.262 e. The number of fused-ring (bicyclic) bond motifs is 1. The van der Waals surface area contributed by atoms with E-state index in [1.54, 1.807) is 24.3 Å². The summed E-state index contributed by atoms with van der Waals surface area (Å²) in [5.74, 6) is -0.657. The van der Waals surface area contributed by atoms with Crippen LogP contribution in [0, 0.1) is 4.77 Å². The average Bonchev–Trinajstić information content (AvgIpc) is 2.71. The molecular formula is C20H19N3O4S2. The number of hydrogen-bond acceptors (Lipinski definition) is 5. The summed E-state index contributed by atoms with van der Waals surface area (Å²) in [7, 11) is -3.48. The molecule has 0 aliphatic rings. The molecule has 0 atom stereocenters. The van der Waals surface area contributed by atoms with Crippen LogP contribution in [0.5, 0.6) is 0 Å². The molecule has 0 spiro atoms. The van der Waals surface area contributed by atoms with Crippen LogP contribution >= 0.6 is 12.2 Å². The first kappa shape index (κ1) is 20.7. The van der Waals surface area contributed by atoms with Gasteiger partial charge in [0.15, 0.2) is 14.6 Å². The second kappa shape index (κ2) is 8.54. The Labute approximate surface area is 172 Å². The molecule has 0 radical (unpaired) electrons. The number of aromatic amines is 1. The summed E-state index contributed by atoms with van der Waals surface area (Å²) in [6.45, 7) is 3.85. The van der Waals surface area contributed by atoms with E-state index in [1.807, 2.05) is 0 Å². The second-order valence-electron chi connectivity index (χ2n) is 6.28. The number of nitrogens with zero attached hydrogens (tertiary/aromatic N) is 1. The third kappa shape index (κ3) is 4.52. The molecular weight excluding hydrogens is 410 g/mol. The molecule has 1 aromatic heterocycles. The van der Waals surface area contributed by atoms with Crippen LogP contribution in [0.3, 0.4) is 0 Å². The maximum atomic E-state index is 12.5. The van der Waals surface area contributed by atoms with Gasteiger partial charge in [-0.3, -0.25) is 14.2 Å². The zero-order valence-corrected chi connectivity index (χ0v) is 17.1. The van der Waals surface area contributed by atoms with Crippen molar-refractivity contribution < 1.29 is 13.2 Å². The minimum atomic E-state index is -3.48.